The highest BCUT2D eigenvalue weighted by Crippen LogP contribution is 2.17. The third-order valence-corrected chi connectivity index (χ3v) is 3.33. The number of nitrogens with zero attached hydrogens (tertiary/aromatic N) is 1. The summed E-state index contributed by atoms with van der Waals surface area (Å²) in [6.07, 6.45) is 0.684. The minimum atomic E-state index is -1.03. The van der Waals surface area contributed by atoms with Crippen molar-refractivity contribution in [3.8, 4) is 5.75 Å². The molecule has 0 bridgehead atoms. The maximum absolute atomic E-state index is 12.5. The number of aliphatic carboxylic acids is 1. The van der Waals surface area contributed by atoms with Gasteiger partial charge in [-0.25, -0.2) is 0 Å². The van der Waals surface area contributed by atoms with Gasteiger partial charge >= 0.3 is 5.97 Å². The molecule has 122 valence electrons. The maximum atomic E-state index is 12.5. The Morgan fingerprint density at radius 3 is 2.64 bits per heavy atom. The smallest absolute Gasteiger partial charge is 0.323 e. The van der Waals surface area contributed by atoms with Gasteiger partial charge in [0.15, 0.2) is 0 Å². The van der Waals surface area contributed by atoms with Crippen LogP contribution in [-0.4, -0.2) is 54.8 Å². The molecule has 0 radical (unpaired) electrons. The summed E-state index contributed by atoms with van der Waals surface area (Å²) in [6.45, 7) is 4.27. The molecule has 22 heavy (non-hydrogen) atoms. The second-order valence-corrected chi connectivity index (χ2v) is 4.95. The van der Waals surface area contributed by atoms with E-state index in [1.165, 1.54) is 4.90 Å². The van der Waals surface area contributed by atoms with Crippen LogP contribution in [0.1, 0.15) is 30.6 Å². The molecule has 6 heteroatoms. The molecular formula is C16H23NO5. The lowest BCUT2D eigenvalue weighted by Crippen LogP contribution is -2.41. The number of hydrogen-bond acceptors (Lipinski definition) is 4. The number of carboxylic acids is 1. The van der Waals surface area contributed by atoms with E-state index in [2.05, 4.69) is 0 Å². The first-order chi connectivity index (χ1) is 10.5. The fourth-order valence-electron chi connectivity index (χ4n) is 1.92. The summed E-state index contributed by atoms with van der Waals surface area (Å²) in [5.74, 6) is -0.780. The summed E-state index contributed by atoms with van der Waals surface area (Å²) >= 11 is 0. The van der Waals surface area contributed by atoms with Crippen LogP contribution in [0.3, 0.4) is 0 Å². The number of amides is 1. The molecule has 0 saturated heterocycles. The minimum absolute atomic E-state index is 0.151. The van der Waals surface area contributed by atoms with E-state index in [4.69, 9.17) is 14.6 Å². The maximum Gasteiger partial charge on any atom is 0.323 e. The lowest BCUT2D eigenvalue weighted by atomic mass is 10.1. The SMILES string of the molecule is CCC(C)N(CC(=O)O)C(=O)c1cccc(OCCOC)c1. The van der Waals surface area contributed by atoms with Crippen LogP contribution in [0.2, 0.25) is 0 Å². The van der Waals surface area contributed by atoms with E-state index in [1.807, 2.05) is 13.8 Å². The molecule has 1 atom stereocenters. The van der Waals surface area contributed by atoms with Gasteiger partial charge in [0.1, 0.15) is 18.9 Å². The van der Waals surface area contributed by atoms with Gasteiger partial charge in [-0.3, -0.25) is 9.59 Å². The van der Waals surface area contributed by atoms with Crippen molar-refractivity contribution in [2.75, 3.05) is 26.9 Å². The van der Waals surface area contributed by atoms with E-state index in [0.717, 1.165) is 0 Å². The summed E-state index contributed by atoms with van der Waals surface area (Å²) in [5.41, 5.74) is 0.413. The van der Waals surface area contributed by atoms with E-state index in [-0.39, 0.29) is 18.5 Å². The first kappa shape index (κ1) is 18.0. The zero-order valence-electron chi connectivity index (χ0n) is 13.2. The summed E-state index contributed by atoms with van der Waals surface area (Å²) in [6, 6.07) is 6.58. The van der Waals surface area contributed by atoms with E-state index < -0.39 is 5.97 Å². The quantitative estimate of drug-likeness (QED) is 0.706. The van der Waals surface area contributed by atoms with Gasteiger partial charge in [0, 0.05) is 18.7 Å². The summed E-state index contributed by atoms with van der Waals surface area (Å²) in [7, 11) is 1.58. The Morgan fingerprint density at radius 2 is 2.05 bits per heavy atom. The number of carboxylic acid groups (broad SMARTS) is 1. The van der Waals surface area contributed by atoms with Crippen molar-refractivity contribution in [3.63, 3.8) is 0 Å². The second-order valence-electron chi connectivity index (χ2n) is 4.95. The van der Waals surface area contributed by atoms with Crippen molar-refractivity contribution in [2.45, 2.75) is 26.3 Å². The molecule has 1 N–H and O–H groups in total. The van der Waals surface area contributed by atoms with Gasteiger partial charge < -0.3 is 19.5 Å². The molecule has 1 aromatic rings. The van der Waals surface area contributed by atoms with Crippen LogP contribution in [0, 0.1) is 0 Å². The van der Waals surface area contributed by atoms with Crippen molar-refractivity contribution in [1.29, 1.82) is 0 Å². The molecular weight excluding hydrogens is 286 g/mol. The van der Waals surface area contributed by atoms with Gasteiger partial charge in [-0.2, -0.15) is 0 Å². The number of hydrogen-bond donors (Lipinski definition) is 1. The van der Waals surface area contributed by atoms with Crippen molar-refractivity contribution in [2.24, 2.45) is 0 Å². The molecule has 0 aliphatic carbocycles. The highest BCUT2D eigenvalue weighted by atomic mass is 16.5. The second kappa shape index (κ2) is 9.04. The molecule has 0 aliphatic heterocycles. The van der Waals surface area contributed by atoms with E-state index >= 15 is 0 Å². The van der Waals surface area contributed by atoms with Gasteiger partial charge in [-0.15, -0.1) is 0 Å². The summed E-state index contributed by atoms with van der Waals surface area (Å²) in [5, 5.41) is 8.99. The highest BCUT2D eigenvalue weighted by molar-refractivity contribution is 5.96. The van der Waals surface area contributed by atoms with Gasteiger partial charge in [0.25, 0.3) is 5.91 Å². The van der Waals surface area contributed by atoms with E-state index in [1.54, 1.807) is 31.4 Å². The zero-order valence-corrected chi connectivity index (χ0v) is 13.2. The Bertz CT molecular complexity index is 503. The Kier molecular flexibility index (Phi) is 7.39. The normalized spacial score (nSPS) is 11.8. The van der Waals surface area contributed by atoms with Crippen molar-refractivity contribution in [1.82, 2.24) is 4.90 Å². The fraction of sp³-hybridized carbons (Fsp3) is 0.500. The van der Waals surface area contributed by atoms with Gasteiger partial charge in [-0.05, 0) is 31.5 Å². The first-order valence-electron chi connectivity index (χ1n) is 7.24. The fourth-order valence-corrected chi connectivity index (χ4v) is 1.92. The predicted molar refractivity (Wildman–Crippen MR) is 82.2 cm³/mol. The number of benzene rings is 1. The number of rotatable bonds is 9. The van der Waals surface area contributed by atoms with Crippen LogP contribution < -0.4 is 4.74 Å². The van der Waals surface area contributed by atoms with Crippen LogP contribution in [-0.2, 0) is 9.53 Å². The third-order valence-electron chi connectivity index (χ3n) is 3.33. The van der Waals surface area contributed by atoms with Crippen LogP contribution >= 0.6 is 0 Å². The Labute approximate surface area is 130 Å². The van der Waals surface area contributed by atoms with E-state index in [0.29, 0.717) is 30.9 Å². The van der Waals surface area contributed by atoms with E-state index in [9.17, 15) is 9.59 Å². The largest absolute Gasteiger partial charge is 0.491 e. The average Bonchev–Trinajstić information content (AvgIpc) is 2.51. The first-order valence-corrected chi connectivity index (χ1v) is 7.24. The molecule has 0 aromatic heterocycles. The van der Waals surface area contributed by atoms with Gasteiger partial charge in [-0.1, -0.05) is 13.0 Å². The highest BCUT2D eigenvalue weighted by Gasteiger charge is 2.23. The third kappa shape index (κ3) is 5.37. The lowest BCUT2D eigenvalue weighted by molar-refractivity contribution is -0.138. The Morgan fingerprint density at radius 1 is 1.32 bits per heavy atom. The van der Waals surface area contributed by atoms with Gasteiger partial charge in [0.2, 0.25) is 0 Å². The molecule has 1 rings (SSSR count). The Balaban J connectivity index is 2.88. The van der Waals surface area contributed by atoms with Crippen LogP contribution in [0.15, 0.2) is 24.3 Å². The molecule has 0 heterocycles. The monoisotopic (exact) mass is 309 g/mol. The molecule has 1 amide bonds. The van der Waals surface area contributed by atoms with Crippen molar-refractivity contribution >= 4 is 11.9 Å². The van der Waals surface area contributed by atoms with Crippen LogP contribution in [0.25, 0.3) is 0 Å². The van der Waals surface area contributed by atoms with Crippen molar-refractivity contribution in [3.05, 3.63) is 29.8 Å². The Hall–Kier alpha value is -2.08. The molecule has 0 fully saturated rings. The molecule has 0 aliphatic rings. The molecule has 1 unspecified atom stereocenters. The number of carbonyl (C=O) groups is 2. The molecule has 6 nitrogen and oxygen atoms in total. The van der Waals surface area contributed by atoms with Crippen molar-refractivity contribution < 1.29 is 24.2 Å². The van der Waals surface area contributed by atoms with Crippen LogP contribution in [0.5, 0.6) is 5.75 Å². The number of methoxy groups -OCH3 is 1. The summed E-state index contributed by atoms with van der Waals surface area (Å²) in [4.78, 5) is 24.9. The molecule has 0 spiro atoms. The zero-order chi connectivity index (χ0) is 16.5. The topological polar surface area (TPSA) is 76.1 Å². The lowest BCUT2D eigenvalue weighted by Gasteiger charge is -2.27. The number of ether oxygens (including phenoxy) is 2. The molecule has 1 aromatic carbocycles. The van der Waals surface area contributed by atoms with Crippen LogP contribution in [0.4, 0.5) is 0 Å². The minimum Gasteiger partial charge on any atom is -0.491 e. The summed E-state index contributed by atoms with van der Waals surface area (Å²) < 4.78 is 10.4. The average molecular weight is 309 g/mol. The predicted octanol–water partition coefficient (Wildman–Crippen LogP) is 2.04. The molecule has 0 saturated carbocycles. The van der Waals surface area contributed by atoms with Gasteiger partial charge in [0.05, 0.1) is 6.61 Å². The number of carbonyl (C=O) groups excluding carboxylic acids is 1. The standard InChI is InChI=1S/C16H23NO5/c1-4-12(2)17(11-15(18)19)16(20)13-6-5-7-14(10-13)22-9-8-21-3/h5-7,10,12H,4,8-9,11H2,1-3H3,(H,18,19).